The fraction of sp³-hybridized carbons (Fsp3) is 0.278. The highest BCUT2D eigenvalue weighted by Gasteiger charge is 2.24. The second kappa shape index (κ2) is 8.05. The van der Waals surface area contributed by atoms with Gasteiger partial charge in [0, 0.05) is 32.4 Å². The van der Waals surface area contributed by atoms with Crippen molar-refractivity contribution in [3.05, 3.63) is 58.7 Å². The lowest BCUT2D eigenvalue weighted by Gasteiger charge is -2.35. The average molecular weight is 375 g/mol. The van der Waals surface area contributed by atoms with E-state index in [9.17, 15) is 9.59 Å². The number of amides is 2. The number of carbonyl (C=O) groups excluding carboxylic acids is 2. The lowest BCUT2D eigenvalue weighted by Crippen LogP contribution is -2.49. The Labute approximate surface area is 156 Å². The molecule has 1 fully saturated rings. The maximum atomic E-state index is 12.2. The van der Waals surface area contributed by atoms with Gasteiger partial charge < -0.3 is 20.3 Å². The second-order valence-corrected chi connectivity index (χ2v) is 6.32. The average Bonchev–Trinajstić information content (AvgIpc) is 2.67. The van der Waals surface area contributed by atoms with E-state index in [-0.39, 0.29) is 18.3 Å². The molecule has 0 saturated carbocycles. The molecule has 8 heteroatoms. The minimum Gasteiger partial charge on any atom is -0.445 e. The van der Waals surface area contributed by atoms with Gasteiger partial charge in [0.1, 0.15) is 12.4 Å². The van der Waals surface area contributed by atoms with Gasteiger partial charge in [-0.15, -0.1) is 0 Å². The maximum Gasteiger partial charge on any atom is 0.410 e. The lowest BCUT2D eigenvalue weighted by molar-refractivity contribution is 0.0940. The Morgan fingerprint density at radius 1 is 1.15 bits per heavy atom. The number of ether oxygens (including phenoxy) is 1. The van der Waals surface area contributed by atoms with Crippen molar-refractivity contribution in [2.45, 2.75) is 6.61 Å². The second-order valence-electron chi connectivity index (χ2n) is 5.91. The van der Waals surface area contributed by atoms with Gasteiger partial charge in [0.15, 0.2) is 0 Å². The summed E-state index contributed by atoms with van der Waals surface area (Å²) in [5.74, 6) is 0.00546. The van der Waals surface area contributed by atoms with Crippen LogP contribution in [0.5, 0.6) is 0 Å². The third kappa shape index (κ3) is 4.23. The SMILES string of the molecule is NC(=O)c1cnc(N2CCN(C(=O)OCc3ccccc3)CC2)c(Cl)c1. The van der Waals surface area contributed by atoms with E-state index in [2.05, 4.69) is 4.98 Å². The van der Waals surface area contributed by atoms with Gasteiger partial charge in [-0.2, -0.15) is 0 Å². The topological polar surface area (TPSA) is 88.8 Å². The maximum absolute atomic E-state index is 12.2. The fourth-order valence-corrected chi connectivity index (χ4v) is 3.00. The van der Waals surface area contributed by atoms with Crippen molar-refractivity contribution in [1.82, 2.24) is 9.88 Å². The van der Waals surface area contributed by atoms with Crippen LogP contribution in [0.3, 0.4) is 0 Å². The summed E-state index contributed by atoms with van der Waals surface area (Å²) in [5.41, 5.74) is 6.44. The summed E-state index contributed by atoms with van der Waals surface area (Å²) >= 11 is 6.21. The molecule has 1 saturated heterocycles. The third-order valence-electron chi connectivity index (χ3n) is 4.15. The molecular formula is C18H19ClN4O3. The number of nitrogens with two attached hydrogens (primary N) is 1. The molecule has 136 valence electrons. The molecule has 1 aliphatic rings. The zero-order valence-corrected chi connectivity index (χ0v) is 14.9. The van der Waals surface area contributed by atoms with E-state index in [1.165, 1.54) is 12.3 Å². The van der Waals surface area contributed by atoms with E-state index in [1.807, 2.05) is 35.2 Å². The van der Waals surface area contributed by atoms with Crippen LogP contribution in [0.2, 0.25) is 5.02 Å². The molecule has 0 aliphatic carbocycles. The summed E-state index contributed by atoms with van der Waals surface area (Å²) in [6, 6.07) is 11.1. The first-order valence-electron chi connectivity index (χ1n) is 8.20. The first-order chi connectivity index (χ1) is 12.5. The van der Waals surface area contributed by atoms with Gasteiger partial charge in [-0.3, -0.25) is 4.79 Å². The van der Waals surface area contributed by atoms with Gasteiger partial charge in [-0.1, -0.05) is 41.9 Å². The number of carbonyl (C=O) groups is 2. The molecule has 0 unspecified atom stereocenters. The molecule has 2 heterocycles. The van der Waals surface area contributed by atoms with Crippen LogP contribution in [0.15, 0.2) is 42.6 Å². The van der Waals surface area contributed by atoms with Gasteiger partial charge in [0.05, 0.1) is 10.6 Å². The number of benzene rings is 1. The van der Waals surface area contributed by atoms with Gasteiger partial charge in [-0.05, 0) is 11.6 Å². The normalized spacial score (nSPS) is 14.2. The number of halogens is 1. The Morgan fingerprint density at radius 2 is 1.85 bits per heavy atom. The van der Waals surface area contributed by atoms with Crippen LogP contribution in [-0.2, 0) is 11.3 Å². The van der Waals surface area contributed by atoms with Crippen molar-refractivity contribution < 1.29 is 14.3 Å². The number of nitrogens with zero attached hydrogens (tertiary/aromatic N) is 3. The van der Waals surface area contributed by atoms with Crippen LogP contribution < -0.4 is 10.6 Å². The van der Waals surface area contributed by atoms with Crippen LogP contribution in [-0.4, -0.2) is 48.1 Å². The smallest absolute Gasteiger partial charge is 0.410 e. The van der Waals surface area contributed by atoms with Crippen molar-refractivity contribution in [1.29, 1.82) is 0 Å². The molecule has 1 aromatic carbocycles. The summed E-state index contributed by atoms with van der Waals surface area (Å²) in [7, 11) is 0. The van der Waals surface area contributed by atoms with Gasteiger partial charge in [0.2, 0.25) is 5.91 Å². The number of piperazine rings is 1. The van der Waals surface area contributed by atoms with Crippen molar-refractivity contribution >= 4 is 29.4 Å². The molecule has 0 spiro atoms. The number of hydrogen-bond acceptors (Lipinski definition) is 5. The molecule has 2 N–H and O–H groups in total. The van der Waals surface area contributed by atoms with Gasteiger partial charge in [-0.25, -0.2) is 9.78 Å². The van der Waals surface area contributed by atoms with Crippen molar-refractivity contribution in [3.63, 3.8) is 0 Å². The molecule has 3 rings (SSSR count). The molecule has 0 radical (unpaired) electrons. The standard InChI is InChI=1S/C18H19ClN4O3/c19-15-10-14(16(20)24)11-21-17(15)22-6-8-23(9-7-22)18(25)26-12-13-4-2-1-3-5-13/h1-5,10-11H,6-9,12H2,(H2,20,24). The summed E-state index contributed by atoms with van der Waals surface area (Å²) in [6.07, 6.45) is 1.07. The Hall–Kier alpha value is -2.80. The zero-order valence-electron chi connectivity index (χ0n) is 14.1. The molecule has 7 nitrogen and oxygen atoms in total. The van der Waals surface area contributed by atoms with Gasteiger partial charge in [0.25, 0.3) is 0 Å². The number of hydrogen-bond donors (Lipinski definition) is 1. The van der Waals surface area contributed by atoms with E-state index in [0.29, 0.717) is 37.0 Å². The number of aromatic nitrogens is 1. The Balaban J connectivity index is 1.54. The van der Waals surface area contributed by atoms with Crippen LogP contribution >= 0.6 is 11.6 Å². The van der Waals surface area contributed by atoms with Crippen molar-refractivity contribution in [2.24, 2.45) is 5.73 Å². The van der Waals surface area contributed by atoms with Crippen LogP contribution in [0, 0.1) is 0 Å². The summed E-state index contributed by atoms with van der Waals surface area (Å²) in [4.78, 5) is 31.2. The lowest BCUT2D eigenvalue weighted by atomic mass is 10.2. The third-order valence-corrected chi connectivity index (χ3v) is 4.43. The van der Waals surface area contributed by atoms with E-state index in [1.54, 1.807) is 4.90 Å². The molecule has 2 amide bonds. The molecule has 0 bridgehead atoms. The van der Waals surface area contributed by atoms with Crippen LogP contribution in [0.4, 0.5) is 10.6 Å². The zero-order chi connectivity index (χ0) is 18.5. The van der Waals surface area contributed by atoms with E-state index in [4.69, 9.17) is 22.1 Å². The van der Waals surface area contributed by atoms with Crippen LogP contribution in [0.1, 0.15) is 15.9 Å². The highest BCUT2D eigenvalue weighted by molar-refractivity contribution is 6.33. The summed E-state index contributed by atoms with van der Waals surface area (Å²) in [5, 5.41) is 0.362. The number of primary amides is 1. The van der Waals surface area contributed by atoms with Crippen molar-refractivity contribution in [3.8, 4) is 0 Å². The van der Waals surface area contributed by atoms with Crippen molar-refractivity contribution in [2.75, 3.05) is 31.1 Å². The fourth-order valence-electron chi connectivity index (χ4n) is 2.71. The number of anilines is 1. The highest BCUT2D eigenvalue weighted by Crippen LogP contribution is 2.25. The van der Waals surface area contributed by atoms with Crippen LogP contribution in [0.25, 0.3) is 0 Å². The van der Waals surface area contributed by atoms with Gasteiger partial charge >= 0.3 is 6.09 Å². The molecular weight excluding hydrogens is 356 g/mol. The largest absolute Gasteiger partial charge is 0.445 e. The summed E-state index contributed by atoms with van der Waals surface area (Å²) < 4.78 is 5.35. The molecule has 2 aromatic rings. The molecule has 1 aliphatic heterocycles. The predicted octanol–water partition coefficient (Wildman–Crippen LogP) is 2.29. The molecule has 1 aromatic heterocycles. The minimum absolute atomic E-state index is 0.252. The molecule has 26 heavy (non-hydrogen) atoms. The molecule has 0 atom stereocenters. The highest BCUT2D eigenvalue weighted by atomic mass is 35.5. The first kappa shape index (κ1) is 18.0. The summed E-state index contributed by atoms with van der Waals surface area (Å²) in [6.45, 7) is 2.40. The quantitative estimate of drug-likeness (QED) is 0.886. The monoisotopic (exact) mass is 374 g/mol. The first-order valence-corrected chi connectivity index (χ1v) is 8.58. The van der Waals surface area contributed by atoms with E-state index < -0.39 is 5.91 Å². The number of pyridine rings is 1. The predicted molar refractivity (Wildman–Crippen MR) is 98.2 cm³/mol. The number of rotatable bonds is 4. The Morgan fingerprint density at radius 3 is 2.46 bits per heavy atom. The van der Waals surface area contributed by atoms with E-state index in [0.717, 1.165) is 5.56 Å². The Bertz CT molecular complexity index is 792. The van der Waals surface area contributed by atoms with E-state index >= 15 is 0 Å². The Kier molecular flexibility index (Phi) is 5.58. The minimum atomic E-state index is -0.572.